The van der Waals surface area contributed by atoms with Crippen LogP contribution in [-0.2, 0) is 15.1 Å². The van der Waals surface area contributed by atoms with Gasteiger partial charge in [0, 0.05) is 24.2 Å². The molecule has 2 aromatic carbocycles. The van der Waals surface area contributed by atoms with Crippen molar-refractivity contribution >= 4 is 23.5 Å². The van der Waals surface area contributed by atoms with Gasteiger partial charge in [0.25, 0.3) is 5.91 Å². The van der Waals surface area contributed by atoms with Crippen molar-refractivity contribution in [1.29, 1.82) is 5.26 Å². The van der Waals surface area contributed by atoms with Gasteiger partial charge in [-0.3, -0.25) is 14.5 Å². The first-order chi connectivity index (χ1) is 15.0. The molecule has 1 fully saturated rings. The topological polar surface area (TPSA) is 103 Å². The van der Waals surface area contributed by atoms with Crippen molar-refractivity contribution in [2.75, 3.05) is 24.6 Å². The Morgan fingerprint density at radius 2 is 1.97 bits per heavy atom. The fourth-order valence-electron chi connectivity index (χ4n) is 3.92. The second-order valence-electron chi connectivity index (χ2n) is 7.25. The second kappa shape index (κ2) is 8.07. The first-order valence-electron chi connectivity index (χ1n) is 9.75. The molecule has 4 amide bonds. The monoisotopic (exact) mass is 422 g/mol. The van der Waals surface area contributed by atoms with Gasteiger partial charge >= 0.3 is 6.03 Å². The summed E-state index contributed by atoms with van der Waals surface area (Å²) in [5.41, 5.74) is -0.353. The summed E-state index contributed by atoms with van der Waals surface area (Å²) in [6, 6.07) is 13.5. The minimum atomic E-state index is -1.28. The molecular formula is C22H19FN4O4. The molecule has 0 radical (unpaired) electrons. The predicted octanol–water partition coefficient (Wildman–Crippen LogP) is 2.30. The number of hydrogen-bond acceptors (Lipinski definition) is 5. The van der Waals surface area contributed by atoms with E-state index in [9.17, 15) is 18.8 Å². The normalized spacial score (nSPS) is 19.4. The number of carbonyl (C=O) groups is 3. The van der Waals surface area contributed by atoms with E-state index in [0.717, 1.165) is 4.90 Å². The lowest BCUT2D eigenvalue weighted by Gasteiger charge is -2.33. The van der Waals surface area contributed by atoms with Crippen molar-refractivity contribution in [2.45, 2.75) is 18.4 Å². The largest absolute Gasteiger partial charge is 0.493 e. The van der Waals surface area contributed by atoms with Gasteiger partial charge in [-0.2, -0.15) is 5.26 Å². The van der Waals surface area contributed by atoms with Crippen molar-refractivity contribution in [3.63, 3.8) is 0 Å². The zero-order chi connectivity index (χ0) is 22.0. The highest BCUT2D eigenvalue weighted by Gasteiger charge is 2.55. The maximum Gasteiger partial charge on any atom is 0.325 e. The van der Waals surface area contributed by atoms with Gasteiger partial charge in [0.1, 0.15) is 18.1 Å². The number of imide groups is 1. The number of hydrogen-bond donors (Lipinski definition) is 1. The zero-order valence-electron chi connectivity index (χ0n) is 16.5. The van der Waals surface area contributed by atoms with Gasteiger partial charge in [-0.15, -0.1) is 0 Å². The number of nitriles is 1. The van der Waals surface area contributed by atoms with Crippen LogP contribution >= 0.6 is 0 Å². The van der Waals surface area contributed by atoms with Crippen molar-refractivity contribution in [1.82, 2.24) is 10.2 Å². The number of ether oxygens (including phenoxy) is 1. The van der Waals surface area contributed by atoms with Gasteiger partial charge in [0.2, 0.25) is 5.91 Å². The number of anilines is 1. The Morgan fingerprint density at radius 3 is 2.71 bits per heavy atom. The summed E-state index contributed by atoms with van der Waals surface area (Å²) in [6.45, 7) is -0.209. The van der Waals surface area contributed by atoms with Crippen molar-refractivity contribution in [2.24, 2.45) is 0 Å². The summed E-state index contributed by atoms with van der Waals surface area (Å²) in [5.74, 6) is -1.04. The molecule has 31 heavy (non-hydrogen) atoms. The third-order valence-corrected chi connectivity index (χ3v) is 5.44. The highest BCUT2D eigenvalue weighted by atomic mass is 19.1. The van der Waals surface area contributed by atoms with Crippen LogP contribution < -0.4 is 15.0 Å². The molecule has 9 heteroatoms. The van der Waals surface area contributed by atoms with Crippen LogP contribution in [0.15, 0.2) is 48.5 Å². The molecule has 0 aromatic heterocycles. The highest BCUT2D eigenvalue weighted by Crippen LogP contribution is 2.40. The average molecular weight is 422 g/mol. The molecule has 4 rings (SSSR count). The first-order valence-corrected chi connectivity index (χ1v) is 9.75. The summed E-state index contributed by atoms with van der Waals surface area (Å²) < 4.78 is 18.9. The molecule has 0 bridgehead atoms. The molecule has 1 N–H and O–H groups in total. The molecule has 2 heterocycles. The second-order valence-corrected chi connectivity index (χ2v) is 7.25. The van der Waals surface area contributed by atoms with Crippen molar-refractivity contribution < 1.29 is 23.5 Å². The molecule has 0 aliphatic carbocycles. The minimum Gasteiger partial charge on any atom is -0.493 e. The molecule has 1 spiro atoms. The van der Waals surface area contributed by atoms with Crippen LogP contribution in [-0.4, -0.2) is 42.4 Å². The molecule has 158 valence electrons. The van der Waals surface area contributed by atoms with Crippen LogP contribution in [0.25, 0.3) is 0 Å². The fourth-order valence-corrected chi connectivity index (χ4v) is 3.92. The summed E-state index contributed by atoms with van der Waals surface area (Å²) in [6.07, 6.45) is 0.285. The Labute approximate surface area is 177 Å². The van der Waals surface area contributed by atoms with E-state index in [1.807, 2.05) is 6.07 Å². The Hall–Kier alpha value is -3.93. The van der Waals surface area contributed by atoms with Crippen LogP contribution in [0.4, 0.5) is 14.9 Å². The molecule has 0 saturated carbocycles. The number of amides is 4. The van der Waals surface area contributed by atoms with Crippen LogP contribution in [0, 0.1) is 17.1 Å². The van der Waals surface area contributed by atoms with Gasteiger partial charge in [0.15, 0.2) is 5.54 Å². The molecule has 2 aromatic rings. The standard InChI is InChI=1S/C22H19FN4O4/c23-15-6-8-16(9-7-15)26(12-3-11-24)19(28)14-27-20(29)22(25-21(27)30)10-13-31-18-5-2-1-4-17(18)22/h1-2,4-9H,3,10,12-14H2,(H,25,30)/t22-/m1/s1. The van der Waals surface area contributed by atoms with E-state index in [4.69, 9.17) is 10.00 Å². The van der Waals surface area contributed by atoms with Gasteiger partial charge < -0.3 is 15.0 Å². The number of rotatable bonds is 5. The van der Waals surface area contributed by atoms with Gasteiger partial charge in [-0.05, 0) is 30.3 Å². The number of carbonyl (C=O) groups excluding carboxylic acids is 3. The SMILES string of the molecule is N#CCCN(C(=O)CN1C(=O)N[C@@]2(CCOc3ccccc32)C1=O)c1ccc(F)cc1. The van der Waals surface area contributed by atoms with E-state index in [0.29, 0.717) is 17.0 Å². The smallest absolute Gasteiger partial charge is 0.325 e. The highest BCUT2D eigenvalue weighted by molar-refractivity contribution is 6.11. The van der Waals surface area contributed by atoms with Crippen LogP contribution in [0.1, 0.15) is 18.4 Å². The molecule has 2 aliphatic rings. The maximum atomic E-state index is 13.3. The molecule has 1 atom stereocenters. The molecule has 1 saturated heterocycles. The van der Waals surface area contributed by atoms with E-state index in [-0.39, 0.29) is 26.0 Å². The van der Waals surface area contributed by atoms with Gasteiger partial charge in [0.05, 0.1) is 19.1 Å². The molecule has 0 unspecified atom stereocenters. The summed E-state index contributed by atoms with van der Waals surface area (Å²) in [4.78, 5) is 41.2. The van der Waals surface area contributed by atoms with Crippen molar-refractivity contribution in [3.8, 4) is 11.8 Å². The van der Waals surface area contributed by atoms with E-state index < -0.39 is 35.7 Å². The summed E-state index contributed by atoms with van der Waals surface area (Å²) in [7, 11) is 0. The van der Waals surface area contributed by atoms with Crippen LogP contribution in [0.2, 0.25) is 0 Å². The number of fused-ring (bicyclic) bond motifs is 2. The fraction of sp³-hybridized carbons (Fsp3) is 0.273. The first kappa shape index (κ1) is 20.3. The van der Waals surface area contributed by atoms with Crippen molar-refractivity contribution in [3.05, 3.63) is 59.9 Å². The third kappa shape index (κ3) is 3.57. The number of urea groups is 1. The van der Waals surface area contributed by atoms with Crippen LogP contribution in [0.3, 0.4) is 0 Å². The lowest BCUT2D eigenvalue weighted by molar-refractivity contribution is -0.135. The molecular weight excluding hydrogens is 403 g/mol. The minimum absolute atomic E-state index is 0.0396. The Bertz CT molecular complexity index is 1080. The lowest BCUT2D eigenvalue weighted by Crippen LogP contribution is -2.48. The molecule has 8 nitrogen and oxygen atoms in total. The quantitative estimate of drug-likeness (QED) is 0.745. The third-order valence-electron chi connectivity index (χ3n) is 5.44. The molecule has 2 aliphatic heterocycles. The van der Waals surface area contributed by atoms with E-state index in [1.165, 1.54) is 29.2 Å². The summed E-state index contributed by atoms with van der Waals surface area (Å²) >= 11 is 0. The Kier molecular flexibility index (Phi) is 5.29. The Balaban J connectivity index is 1.59. The number of halogens is 1. The van der Waals surface area contributed by atoms with Gasteiger partial charge in [-0.25, -0.2) is 9.18 Å². The Morgan fingerprint density at radius 1 is 1.23 bits per heavy atom. The predicted molar refractivity (Wildman–Crippen MR) is 107 cm³/mol. The van der Waals surface area contributed by atoms with Crippen LogP contribution in [0.5, 0.6) is 5.75 Å². The lowest BCUT2D eigenvalue weighted by atomic mass is 9.84. The number of nitrogens with one attached hydrogen (secondary N) is 1. The average Bonchev–Trinajstić information content (AvgIpc) is 3.00. The zero-order valence-corrected chi connectivity index (χ0v) is 16.5. The van der Waals surface area contributed by atoms with E-state index >= 15 is 0 Å². The number of nitrogens with zero attached hydrogens (tertiary/aromatic N) is 3. The number of benzene rings is 2. The van der Waals surface area contributed by atoms with E-state index in [2.05, 4.69) is 5.32 Å². The maximum absolute atomic E-state index is 13.3. The van der Waals surface area contributed by atoms with Gasteiger partial charge in [-0.1, -0.05) is 18.2 Å². The summed E-state index contributed by atoms with van der Waals surface area (Å²) in [5, 5.41) is 11.7. The van der Waals surface area contributed by atoms with E-state index in [1.54, 1.807) is 24.3 Å². The number of para-hydroxylation sites is 1.